The average molecular weight is 487 g/mol. The lowest BCUT2D eigenvalue weighted by Gasteiger charge is -2.28. The Morgan fingerprint density at radius 1 is 1.03 bits per heavy atom. The summed E-state index contributed by atoms with van der Waals surface area (Å²) in [7, 11) is 0. The highest BCUT2D eigenvalue weighted by Gasteiger charge is 2.32. The predicted octanol–water partition coefficient (Wildman–Crippen LogP) is 6.48. The second kappa shape index (κ2) is 10.6. The molecule has 1 N–H and O–H groups in total. The van der Waals surface area contributed by atoms with Crippen molar-refractivity contribution in [2.75, 3.05) is 6.61 Å². The topological polar surface area (TPSA) is 73.6 Å². The van der Waals surface area contributed by atoms with Crippen LogP contribution in [0.2, 0.25) is 0 Å². The number of hydrogen-bond acceptors (Lipinski definition) is 4. The van der Waals surface area contributed by atoms with Gasteiger partial charge in [-0.1, -0.05) is 60.2 Å². The second-order valence-electron chi connectivity index (χ2n) is 10.1. The van der Waals surface area contributed by atoms with Crippen LogP contribution in [0.1, 0.15) is 49.3 Å². The highest BCUT2D eigenvalue weighted by molar-refractivity contribution is 5.97. The minimum absolute atomic E-state index is 0.534. The molecule has 2 heterocycles. The third-order valence-corrected chi connectivity index (χ3v) is 6.02. The fraction of sp³-hybridized carbons (Fsp3) is 0.333. The van der Waals surface area contributed by atoms with Gasteiger partial charge < -0.3 is 19.1 Å². The maximum absolute atomic E-state index is 12.4. The van der Waals surface area contributed by atoms with Crippen molar-refractivity contribution in [1.82, 2.24) is 9.55 Å². The third kappa shape index (κ3) is 5.83. The zero-order valence-corrected chi connectivity index (χ0v) is 21.6. The quantitative estimate of drug-likeness (QED) is 0.274. The molecule has 1 atom stereocenters. The molecule has 6 nitrogen and oxygen atoms in total. The zero-order valence-electron chi connectivity index (χ0n) is 21.6. The summed E-state index contributed by atoms with van der Waals surface area (Å²) in [6.07, 6.45) is 0.848. The smallest absolute Gasteiger partial charge is 0.337 e. The van der Waals surface area contributed by atoms with E-state index in [1.165, 1.54) is 0 Å². The molecule has 188 valence electrons. The molecule has 0 aliphatic heterocycles. The summed E-state index contributed by atoms with van der Waals surface area (Å²) in [6, 6.07) is 20.2. The van der Waals surface area contributed by atoms with Gasteiger partial charge in [0, 0.05) is 34.9 Å². The number of pyridine rings is 1. The average Bonchev–Trinajstić information content (AvgIpc) is 3.22. The van der Waals surface area contributed by atoms with Crippen LogP contribution in [-0.4, -0.2) is 32.8 Å². The molecule has 0 radical (unpaired) electrons. The Balaban J connectivity index is 1.75. The van der Waals surface area contributed by atoms with Gasteiger partial charge in [0.1, 0.15) is 5.65 Å². The normalized spacial score (nSPS) is 12.7. The van der Waals surface area contributed by atoms with Crippen molar-refractivity contribution in [1.29, 1.82) is 0 Å². The van der Waals surface area contributed by atoms with E-state index in [-0.39, 0.29) is 0 Å². The summed E-state index contributed by atoms with van der Waals surface area (Å²) < 4.78 is 14.0. The Bertz CT molecular complexity index is 1340. The van der Waals surface area contributed by atoms with Gasteiger partial charge in [-0.3, -0.25) is 0 Å². The van der Waals surface area contributed by atoms with E-state index in [0.29, 0.717) is 31.0 Å². The van der Waals surface area contributed by atoms with Crippen molar-refractivity contribution in [2.24, 2.45) is 0 Å². The lowest BCUT2D eigenvalue weighted by Crippen LogP contribution is -2.28. The van der Waals surface area contributed by atoms with Crippen LogP contribution in [0.15, 0.2) is 66.9 Å². The number of benzene rings is 2. The fourth-order valence-electron chi connectivity index (χ4n) is 4.38. The first kappa shape index (κ1) is 25.6. The van der Waals surface area contributed by atoms with Gasteiger partial charge in [-0.25, -0.2) is 9.78 Å². The summed E-state index contributed by atoms with van der Waals surface area (Å²) in [4.78, 5) is 17.3. The molecule has 2 aromatic heterocycles. The van der Waals surface area contributed by atoms with E-state index >= 15 is 0 Å². The van der Waals surface area contributed by atoms with Gasteiger partial charge in [0.15, 0.2) is 6.10 Å². The molecule has 4 rings (SSSR count). The van der Waals surface area contributed by atoms with Gasteiger partial charge in [0.2, 0.25) is 0 Å². The van der Waals surface area contributed by atoms with Crippen molar-refractivity contribution < 1.29 is 19.4 Å². The highest BCUT2D eigenvalue weighted by atomic mass is 16.5. The van der Waals surface area contributed by atoms with Crippen LogP contribution in [0.5, 0.6) is 0 Å². The van der Waals surface area contributed by atoms with Crippen LogP contribution in [0.3, 0.4) is 0 Å². The molecule has 1 unspecified atom stereocenters. The number of ether oxygens (including phenoxy) is 2. The van der Waals surface area contributed by atoms with Crippen molar-refractivity contribution in [3.8, 4) is 11.1 Å². The zero-order chi connectivity index (χ0) is 25.9. The summed E-state index contributed by atoms with van der Waals surface area (Å²) >= 11 is 0. The van der Waals surface area contributed by atoms with E-state index in [1.807, 2.05) is 101 Å². The molecule has 2 aromatic carbocycles. The Labute approximate surface area is 212 Å². The van der Waals surface area contributed by atoms with Crippen LogP contribution in [0.25, 0.3) is 22.2 Å². The molecule has 0 aliphatic carbocycles. The molecule has 0 aliphatic rings. The number of aliphatic carboxylic acids is 1. The van der Waals surface area contributed by atoms with Crippen LogP contribution in [-0.2, 0) is 27.4 Å². The molecule has 6 heteroatoms. The maximum Gasteiger partial charge on any atom is 0.337 e. The molecule has 0 saturated heterocycles. The Kier molecular flexibility index (Phi) is 7.57. The molecule has 0 saturated carbocycles. The Morgan fingerprint density at radius 2 is 1.72 bits per heavy atom. The van der Waals surface area contributed by atoms with Crippen molar-refractivity contribution in [3.63, 3.8) is 0 Å². The van der Waals surface area contributed by atoms with E-state index in [9.17, 15) is 9.90 Å². The van der Waals surface area contributed by atoms with Gasteiger partial charge >= 0.3 is 5.97 Å². The molecule has 0 amide bonds. The number of carboxylic acid groups (broad SMARTS) is 1. The van der Waals surface area contributed by atoms with E-state index in [0.717, 1.165) is 33.3 Å². The first-order valence-corrected chi connectivity index (χ1v) is 12.2. The Hall–Kier alpha value is -3.48. The molecular weight excluding hydrogens is 452 g/mol. The molecule has 0 bridgehead atoms. The molecule has 0 spiro atoms. The lowest BCUT2D eigenvalue weighted by molar-refractivity contribution is -0.160. The van der Waals surface area contributed by atoms with Gasteiger partial charge in [-0.05, 0) is 51.8 Å². The number of hydrogen-bond donors (Lipinski definition) is 1. The molecule has 36 heavy (non-hydrogen) atoms. The van der Waals surface area contributed by atoms with Gasteiger partial charge in [-0.15, -0.1) is 0 Å². The minimum Gasteiger partial charge on any atom is -0.479 e. The number of nitrogens with zero attached hydrogens (tertiary/aromatic N) is 2. The number of carbonyl (C=O) groups is 1. The van der Waals surface area contributed by atoms with Gasteiger partial charge in [-0.2, -0.15) is 0 Å². The Morgan fingerprint density at radius 3 is 2.36 bits per heavy atom. The monoisotopic (exact) mass is 486 g/mol. The summed E-state index contributed by atoms with van der Waals surface area (Å²) in [5.74, 6) is -1.03. The van der Waals surface area contributed by atoms with E-state index in [2.05, 4.69) is 4.57 Å². The van der Waals surface area contributed by atoms with Crippen LogP contribution in [0, 0.1) is 13.8 Å². The van der Waals surface area contributed by atoms with Crippen molar-refractivity contribution >= 4 is 17.0 Å². The summed E-state index contributed by atoms with van der Waals surface area (Å²) in [6.45, 7) is 11.2. The maximum atomic E-state index is 12.4. The van der Waals surface area contributed by atoms with Gasteiger partial charge in [0.05, 0.1) is 18.8 Å². The SMILES string of the molecule is Cc1ccc(-c2c(C(OC(C)(C)C)C(=O)O)c(C)nc3c2ccn3CCOCc2ccccc2)cc1. The van der Waals surface area contributed by atoms with Gasteiger partial charge in [0.25, 0.3) is 0 Å². The second-order valence-corrected chi connectivity index (χ2v) is 10.1. The van der Waals surface area contributed by atoms with E-state index < -0.39 is 17.7 Å². The number of aromatic nitrogens is 2. The minimum atomic E-state index is -1.14. The summed E-state index contributed by atoms with van der Waals surface area (Å²) in [5, 5.41) is 11.1. The number of rotatable bonds is 9. The van der Waals surface area contributed by atoms with Crippen LogP contribution in [0.4, 0.5) is 0 Å². The standard InChI is InChI=1S/C30H34N2O4/c1-20-11-13-23(14-12-20)26-24-15-16-32(17-18-35-19-22-9-7-6-8-10-22)28(24)31-21(2)25(26)27(29(33)34)36-30(3,4)5/h6-16,27H,17-19H2,1-5H3,(H,33,34). The van der Waals surface area contributed by atoms with Crippen molar-refractivity contribution in [2.45, 2.75) is 59.5 Å². The van der Waals surface area contributed by atoms with E-state index in [1.54, 1.807) is 0 Å². The fourth-order valence-corrected chi connectivity index (χ4v) is 4.38. The number of carboxylic acids is 1. The molecular formula is C30H34N2O4. The molecule has 4 aromatic rings. The predicted molar refractivity (Wildman–Crippen MR) is 142 cm³/mol. The first-order chi connectivity index (χ1) is 17.1. The molecule has 0 fully saturated rings. The highest BCUT2D eigenvalue weighted by Crippen LogP contribution is 2.39. The van der Waals surface area contributed by atoms with Crippen LogP contribution >= 0.6 is 0 Å². The number of aryl methyl sites for hydroxylation is 2. The van der Waals surface area contributed by atoms with Crippen LogP contribution < -0.4 is 0 Å². The third-order valence-electron chi connectivity index (χ3n) is 6.02. The first-order valence-electron chi connectivity index (χ1n) is 12.2. The largest absolute Gasteiger partial charge is 0.479 e. The number of fused-ring (bicyclic) bond motifs is 1. The summed E-state index contributed by atoms with van der Waals surface area (Å²) in [5.41, 5.74) is 5.44. The lowest BCUT2D eigenvalue weighted by atomic mass is 9.92. The van der Waals surface area contributed by atoms with E-state index in [4.69, 9.17) is 14.5 Å². The van der Waals surface area contributed by atoms with Crippen molar-refractivity contribution in [3.05, 3.63) is 89.2 Å².